The molecule has 0 aliphatic rings. The van der Waals surface area contributed by atoms with E-state index in [2.05, 4.69) is 16.6 Å². The first-order chi connectivity index (χ1) is 7.04. The fourth-order valence-electron chi connectivity index (χ4n) is 1.20. The third-order valence-electron chi connectivity index (χ3n) is 1.99. The van der Waals surface area contributed by atoms with Crippen LogP contribution in [0.1, 0.15) is 16.7 Å². The van der Waals surface area contributed by atoms with Gasteiger partial charge in [-0.15, -0.1) is 0 Å². The second-order valence-corrected chi connectivity index (χ2v) is 3.20. The Morgan fingerprint density at radius 2 is 1.87 bits per heavy atom. The maximum absolute atomic E-state index is 10.8. The first-order valence-corrected chi connectivity index (χ1v) is 4.44. The lowest BCUT2D eigenvalue weighted by atomic mass is 10.1. The minimum Gasteiger partial charge on any atom is -0.507 e. The largest absolute Gasteiger partial charge is 0.507 e. The van der Waals surface area contributed by atoms with Crippen molar-refractivity contribution in [3.63, 3.8) is 0 Å². The average molecular weight is 204 g/mol. The summed E-state index contributed by atoms with van der Waals surface area (Å²) in [6, 6.07) is 3.44. The number of carbonyl (C=O) groups excluding carboxylic acids is 1. The SMILES string of the molecule is COC(=O)C#Cc1cc(C)c(O)c(C)c1. The molecule has 0 saturated heterocycles. The number of hydrogen-bond donors (Lipinski definition) is 1. The number of aryl methyl sites for hydroxylation is 2. The Labute approximate surface area is 88.7 Å². The van der Waals surface area contributed by atoms with Gasteiger partial charge < -0.3 is 9.84 Å². The highest BCUT2D eigenvalue weighted by atomic mass is 16.5. The van der Waals surface area contributed by atoms with E-state index in [9.17, 15) is 9.90 Å². The maximum Gasteiger partial charge on any atom is 0.384 e. The lowest BCUT2D eigenvalue weighted by Gasteiger charge is -2.02. The summed E-state index contributed by atoms with van der Waals surface area (Å²) in [6.07, 6.45) is 0. The van der Waals surface area contributed by atoms with Crippen molar-refractivity contribution in [3.8, 4) is 17.6 Å². The lowest BCUT2D eigenvalue weighted by molar-refractivity contribution is -0.133. The van der Waals surface area contributed by atoms with Crippen LogP contribution in [0.15, 0.2) is 12.1 Å². The molecule has 15 heavy (non-hydrogen) atoms. The number of methoxy groups -OCH3 is 1. The first-order valence-electron chi connectivity index (χ1n) is 4.44. The van der Waals surface area contributed by atoms with Gasteiger partial charge in [-0.05, 0) is 37.1 Å². The molecule has 0 aliphatic heterocycles. The van der Waals surface area contributed by atoms with Crippen molar-refractivity contribution in [2.75, 3.05) is 7.11 Å². The van der Waals surface area contributed by atoms with Crippen LogP contribution in [-0.4, -0.2) is 18.2 Å². The van der Waals surface area contributed by atoms with Gasteiger partial charge in [0, 0.05) is 11.5 Å². The molecule has 1 aromatic rings. The van der Waals surface area contributed by atoms with Gasteiger partial charge in [0.05, 0.1) is 7.11 Å². The van der Waals surface area contributed by atoms with Crippen LogP contribution in [0.4, 0.5) is 0 Å². The zero-order chi connectivity index (χ0) is 11.4. The summed E-state index contributed by atoms with van der Waals surface area (Å²) in [4.78, 5) is 10.8. The third kappa shape index (κ3) is 2.75. The van der Waals surface area contributed by atoms with Crippen LogP contribution < -0.4 is 0 Å². The molecule has 0 radical (unpaired) electrons. The topological polar surface area (TPSA) is 46.5 Å². The van der Waals surface area contributed by atoms with Gasteiger partial charge >= 0.3 is 5.97 Å². The highest BCUT2D eigenvalue weighted by Gasteiger charge is 2.01. The normalized spacial score (nSPS) is 9.00. The number of phenols is 1. The van der Waals surface area contributed by atoms with E-state index in [1.807, 2.05) is 0 Å². The molecule has 3 nitrogen and oxygen atoms in total. The Bertz CT molecular complexity index is 427. The molecule has 1 N–H and O–H groups in total. The monoisotopic (exact) mass is 204 g/mol. The number of phenolic OH excluding ortho intramolecular Hbond substituents is 1. The molecule has 0 heterocycles. The predicted octanol–water partition coefficient (Wildman–Crippen LogP) is 1.53. The fourth-order valence-corrected chi connectivity index (χ4v) is 1.20. The molecular formula is C12H12O3. The van der Waals surface area contributed by atoms with E-state index in [1.165, 1.54) is 7.11 Å². The fraction of sp³-hybridized carbons (Fsp3) is 0.250. The van der Waals surface area contributed by atoms with E-state index >= 15 is 0 Å². The van der Waals surface area contributed by atoms with E-state index in [0.717, 1.165) is 11.1 Å². The van der Waals surface area contributed by atoms with Crippen molar-refractivity contribution >= 4 is 5.97 Å². The number of aromatic hydroxyl groups is 1. The number of rotatable bonds is 0. The summed E-state index contributed by atoms with van der Waals surface area (Å²) in [5.74, 6) is 4.69. The van der Waals surface area contributed by atoms with Gasteiger partial charge in [0.2, 0.25) is 0 Å². The Hall–Kier alpha value is -1.95. The highest BCUT2D eigenvalue weighted by molar-refractivity contribution is 5.89. The van der Waals surface area contributed by atoms with E-state index in [0.29, 0.717) is 5.56 Å². The summed E-state index contributed by atoms with van der Waals surface area (Å²) >= 11 is 0. The van der Waals surface area contributed by atoms with Crippen molar-refractivity contribution < 1.29 is 14.6 Å². The zero-order valence-electron chi connectivity index (χ0n) is 8.92. The molecule has 0 atom stereocenters. The van der Waals surface area contributed by atoms with Crippen molar-refractivity contribution in [1.29, 1.82) is 0 Å². The summed E-state index contributed by atoms with van der Waals surface area (Å²) in [6.45, 7) is 3.57. The zero-order valence-corrected chi connectivity index (χ0v) is 8.92. The van der Waals surface area contributed by atoms with Gasteiger partial charge in [-0.1, -0.05) is 5.92 Å². The highest BCUT2D eigenvalue weighted by Crippen LogP contribution is 2.22. The van der Waals surface area contributed by atoms with Crippen LogP contribution in [0.2, 0.25) is 0 Å². The molecule has 0 unspecified atom stereocenters. The lowest BCUT2D eigenvalue weighted by Crippen LogP contribution is -1.94. The van der Waals surface area contributed by atoms with Crippen molar-refractivity contribution in [2.45, 2.75) is 13.8 Å². The minimum absolute atomic E-state index is 0.263. The number of ether oxygens (including phenoxy) is 1. The van der Waals surface area contributed by atoms with Crippen molar-refractivity contribution in [3.05, 3.63) is 28.8 Å². The minimum atomic E-state index is -0.571. The molecule has 0 spiro atoms. The van der Waals surface area contributed by atoms with Crippen molar-refractivity contribution in [2.24, 2.45) is 0 Å². The molecule has 0 bridgehead atoms. The van der Waals surface area contributed by atoms with E-state index in [1.54, 1.807) is 26.0 Å². The van der Waals surface area contributed by atoms with Crippen LogP contribution in [0.5, 0.6) is 5.75 Å². The average Bonchev–Trinajstić information content (AvgIpc) is 2.22. The van der Waals surface area contributed by atoms with Crippen LogP contribution >= 0.6 is 0 Å². The Morgan fingerprint density at radius 3 is 2.33 bits per heavy atom. The van der Waals surface area contributed by atoms with Crippen molar-refractivity contribution in [1.82, 2.24) is 0 Å². The van der Waals surface area contributed by atoms with E-state index < -0.39 is 5.97 Å². The second kappa shape index (κ2) is 4.52. The molecule has 0 aliphatic carbocycles. The van der Waals surface area contributed by atoms with Gasteiger partial charge in [-0.3, -0.25) is 0 Å². The molecule has 78 valence electrons. The van der Waals surface area contributed by atoms with Crippen LogP contribution in [0.3, 0.4) is 0 Å². The summed E-state index contributed by atoms with van der Waals surface area (Å²) < 4.78 is 4.39. The van der Waals surface area contributed by atoms with E-state index in [4.69, 9.17) is 0 Å². The predicted molar refractivity (Wildman–Crippen MR) is 56.5 cm³/mol. The van der Waals surface area contributed by atoms with Gasteiger partial charge in [-0.2, -0.15) is 0 Å². The third-order valence-corrected chi connectivity index (χ3v) is 1.99. The molecule has 1 aromatic carbocycles. The maximum atomic E-state index is 10.8. The van der Waals surface area contributed by atoms with Crippen LogP contribution in [0, 0.1) is 25.7 Å². The standard InChI is InChI=1S/C12H12O3/c1-8-6-10(4-5-11(13)15-3)7-9(2)12(8)14/h6-7,14H,1-3H3. The van der Waals surface area contributed by atoms with Gasteiger partial charge in [0.15, 0.2) is 0 Å². The Morgan fingerprint density at radius 1 is 1.33 bits per heavy atom. The molecule has 0 fully saturated rings. The summed E-state index contributed by atoms with van der Waals surface area (Å²) in [7, 11) is 1.28. The second-order valence-electron chi connectivity index (χ2n) is 3.20. The van der Waals surface area contributed by atoms with Gasteiger partial charge in [0.25, 0.3) is 0 Å². The number of esters is 1. The van der Waals surface area contributed by atoms with E-state index in [-0.39, 0.29) is 5.75 Å². The summed E-state index contributed by atoms with van der Waals surface area (Å²) in [5.41, 5.74) is 2.17. The smallest absolute Gasteiger partial charge is 0.384 e. The number of benzene rings is 1. The molecule has 1 rings (SSSR count). The Kier molecular flexibility index (Phi) is 3.35. The summed E-state index contributed by atoms with van der Waals surface area (Å²) in [5, 5.41) is 9.51. The molecular weight excluding hydrogens is 192 g/mol. The number of hydrogen-bond acceptors (Lipinski definition) is 3. The first kappa shape index (κ1) is 11.1. The molecule has 0 aromatic heterocycles. The molecule has 0 saturated carbocycles. The Balaban J connectivity index is 3.06. The van der Waals surface area contributed by atoms with Gasteiger partial charge in [0.1, 0.15) is 5.75 Å². The van der Waals surface area contributed by atoms with Crippen LogP contribution in [-0.2, 0) is 9.53 Å². The van der Waals surface area contributed by atoms with Gasteiger partial charge in [-0.25, -0.2) is 4.79 Å². The molecule has 0 amide bonds. The quantitative estimate of drug-likeness (QED) is 0.515. The van der Waals surface area contributed by atoms with Crippen LogP contribution in [0.25, 0.3) is 0 Å². The number of carbonyl (C=O) groups is 1. The molecule has 3 heteroatoms.